The number of aliphatic carboxylic acids is 1. The molecule has 7 heteroatoms. The van der Waals surface area contributed by atoms with E-state index in [1.807, 2.05) is 6.92 Å². The van der Waals surface area contributed by atoms with Gasteiger partial charge in [0.05, 0.1) is 6.04 Å². The molecule has 7 nitrogen and oxygen atoms in total. The molecule has 0 aliphatic carbocycles. The van der Waals surface area contributed by atoms with Gasteiger partial charge in [-0.15, -0.1) is 0 Å². The third-order valence-electron chi connectivity index (χ3n) is 2.38. The fourth-order valence-corrected chi connectivity index (χ4v) is 1.54. The van der Waals surface area contributed by atoms with Crippen molar-refractivity contribution in [3.05, 3.63) is 18.2 Å². The lowest BCUT2D eigenvalue weighted by Crippen LogP contribution is -2.44. The minimum Gasteiger partial charge on any atom is -0.480 e. The summed E-state index contributed by atoms with van der Waals surface area (Å²) < 4.78 is 0. The van der Waals surface area contributed by atoms with Crippen molar-refractivity contribution < 1.29 is 14.7 Å². The van der Waals surface area contributed by atoms with Crippen molar-refractivity contribution in [3.8, 4) is 0 Å². The molecule has 0 saturated heterocycles. The van der Waals surface area contributed by atoms with E-state index in [2.05, 4.69) is 15.3 Å². The van der Waals surface area contributed by atoms with Crippen molar-refractivity contribution in [3.63, 3.8) is 0 Å². The molecule has 1 rings (SSSR count). The van der Waals surface area contributed by atoms with E-state index in [1.54, 1.807) is 19.3 Å². The van der Waals surface area contributed by atoms with Crippen LogP contribution in [-0.2, 0) is 4.79 Å². The van der Waals surface area contributed by atoms with Gasteiger partial charge in [-0.2, -0.15) is 0 Å². The van der Waals surface area contributed by atoms with Crippen molar-refractivity contribution in [2.45, 2.75) is 26.3 Å². The molecule has 100 valence electrons. The Balaban J connectivity index is 2.58. The van der Waals surface area contributed by atoms with Crippen molar-refractivity contribution in [1.82, 2.24) is 20.2 Å². The lowest BCUT2D eigenvalue weighted by Gasteiger charge is -2.22. The number of aromatic nitrogens is 2. The molecule has 0 bridgehead atoms. The van der Waals surface area contributed by atoms with Crippen molar-refractivity contribution in [1.29, 1.82) is 0 Å². The molecule has 0 fully saturated rings. The van der Waals surface area contributed by atoms with Crippen LogP contribution < -0.4 is 5.32 Å². The van der Waals surface area contributed by atoms with Gasteiger partial charge in [-0.3, -0.25) is 4.79 Å². The number of rotatable bonds is 6. The van der Waals surface area contributed by atoms with E-state index in [0.29, 0.717) is 18.8 Å². The Hall–Kier alpha value is -2.05. The summed E-state index contributed by atoms with van der Waals surface area (Å²) in [6, 6.07) is -0.691. The molecule has 1 heterocycles. The molecule has 1 aromatic rings. The number of amides is 2. The molecule has 0 aromatic carbocycles. The minimum atomic E-state index is -1.02. The van der Waals surface area contributed by atoms with E-state index in [0.717, 1.165) is 0 Å². The maximum atomic E-state index is 11.9. The van der Waals surface area contributed by atoms with Crippen LogP contribution in [0, 0.1) is 0 Å². The normalized spacial score (nSPS) is 11.9. The molecule has 0 aliphatic heterocycles. The van der Waals surface area contributed by atoms with Crippen LogP contribution in [0.1, 0.15) is 32.1 Å². The molecule has 1 atom stereocenters. The highest BCUT2D eigenvalue weighted by Crippen LogP contribution is 2.06. The Morgan fingerprint density at radius 3 is 2.83 bits per heavy atom. The van der Waals surface area contributed by atoms with Crippen LogP contribution in [0.25, 0.3) is 0 Å². The van der Waals surface area contributed by atoms with E-state index in [9.17, 15) is 9.59 Å². The second kappa shape index (κ2) is 6.63. The quantitative estimate of drug-likeness (QED) is 0.704. The summed E-state index contributed by atoms with van der Waals surface area (Å²) >= 11 is 0. The van der Waals surface area contributed by atoms with Gasteiger partial charge in [0.1, 0.15) is 12.4 Å². The molecular weight excluding hydrogens is 236 g/mol. The van der Waals surface area contributed by atoms with Gasteiger partial charge in [0.25, 0.3) is 0 Å². The molecule has 2 amide bonds. The Kier molecular flexibility index (Phi) is 5.16. The van der Waals surface area contributed by atoms with E-state index >= 15 is 0 Å². The highest BCUT2D eigenvalue weighted by molar-refractivity contribution is 5.80. The number of nitrogens with zero attached hydrogens (tertiary/aromatic N) is 2. The molecule has 18 heavy (non-hydrogen) atoms. The molecule has 0 spiro atoms. The van der Waals surface area contributed by atoms with E-state index < -0.39 is 12.0 Å². The number of urea groups is 1. The second-order valence-electron chi connectivity index (χ2n) is 3.96. The highest BCUT2D eigenvalue weighted by Gasteiger charge is 2.18. The van der Waals surface area contributed by atoms with Gasteiger partial charge >= 0.3 is 12.0 Å². The molecule has 0 aliphatic rings. The van der Waals surface area contributed by atoms with Crippen molar-refractivity contribution >= 4 is 12.0 Å². The van der Waals surface area contributed by atoms with Crippen LogP contribution in [-0.4, -0.2) is 45.1 Å². The van der Waals surface area contributed by atoms with Crippen LogP contribution in [0.2, 0.25) is 0 Å². The first-order chi connectivity index (χ1) is 8.54. The summed E-state index contributed by atoms with van der Waals surface area (Å²) in [6.45, 7) is 3.77. The van der Waals surface area contributed by atoms with Gasteiger partial charge in [0.2, 0.25) is 0 Å². The maximum Gasteiger partial charge on any atom is 0.323 e. The third-order valence-corrected chi connectivity index (χ3v) is 2.38. The van der Waals surface area contributed by atoms with Crippen LogP contribution in [0.3, 0.4) is 0 Å². The average Bonchev–Trinajstić information content (AvgIpc) is 2.81. The monoisotopic (exact) mass is 254 g/mol. The molecule has 0 saturated carbocycles. The number of carboxylic acid groups (broad SMARTS) is 1. The fourth-order valence-electron chi connectivity index (χ4n) is 1.54. The number of hydrogen-bond acceptors (Lipinski definition) is 3. The van der Waals surface area contributed by atoms with E-state index in [4.69, 9.17) is 5.11 Å². The topological polar surface area (TPSA) is 98.3 Å². The summed E-state index contributed by atoms with van der Waals surface area (Å²) in [5.74, 6) is -0.389. The van der Waals surface area contributed by atoms with Gasteiger partial charge in [-0.05, 0) is 13.3 Å². The third kappa shape index (κ3) is 4.08. The number of carbonyl (C=O) groups excluding carboxylic acids is 1. The van der Waals surface area contributed by atoms with Gasteiger partial charge in [-0.25, -0.2) is 9.78 Å². The summed E-state index contributed by atoms with van der Waals surface area (Å²) in [6.07, 6.45) is 3.97. The first kappa shape index (κ1) is 14.0. The smallest absolute Gasteiger partial charge is 0.323 e. The standard InChI is InChI=1S/C11H18N4O3/c1-3-6-15(7-9(16)17)11(18)14-8(2)10-12-4-5-13-10/h4-5,8H,3,6-7H2,1-2H3,(H,12,13)(H,14,18)(H,16,17). The summed E-state index contributed by atoms with van der Waals surface area (Å²) in [5.41, 5.74) is 0. The molecule has 1 aromatic heterocycles. The Labute approximate surface area is 105 Å². The minimum absolute atomic E-state index is 0.291. The predicted molar refractivity (Wildman–Crippen MR) is 65.0 cm³/mol. The fraction of sp³-hybridized carbons (Fsp3) is 0.545. The number of hydrogen-bond donors (Lipinski definition) is 3. The van der Waals surface area contributed by atoms with Crippen molar-refractivity contribution in [2.75, 3.05) is 13.1 Å². The molecule has 3 N–H and O–H groups in total. The van der Waals surface area contributed by atoms with Gasteiger partial charge in [-0.1, -0.05) is 6.92 Å². The number of carbonyl (C=O) groups is 2. The second-order valence-corrected chi connectivity index (χ2v) is 3.96. The summed E-state index contributed by atoms with van der Waals surface area (Å²) in [4.78, 5) is 30.7. The van der Waals surface area contributed by atoms with Gasteiger partial charge in [0, 0.05) is 18.9 Å². The molecule has 1 unspecified atom stereocenters. The largest absolute Gasteiger partial charge is 0.480 e. The first-order valence-corrected chi connectivity index (χ1v) is 5.81. The predicted octanol–water partition coefficient (Wildman–Crippen LogP) is 0.977. The molecule has 0 radical (unpaired) electrons. The zero-order valence-corrected chi connectivity index (χ0v) is 10.5. The van der Waals surface area contributed by atoms with Crippen LogP contribution in [0.15, 0.2) is 12.4 Å². The first-order valence-electron chi connectivity index (χ1n) is 5.81. The zero-order chi connectivity index (χ0) is 13.5. The summed E-state index contributed by atoms with van der Waals surface area (Å²) in [5, 5.41) is 11.4. The van der Waals surface area contributed by atoms with Gasteiger partial charge in [0.15, 0.2) is 0 Å². The SMILES string of the molecule is CCCN(CC(=O)O)C(=O)NC(C)c1ncc[nH]1. The lowest BCUT2D eigenvalue weighted by molar-refractivity contribution is -0.137. The van der Waals surface area contributed by atoms with Crippen molar-refractivity contribution in [2.24, 2.45) is 0 Å². The summed E-state index contributed by atoms with van der Waals surface area (Å²) in [7, 11) is 0. The maximum absolute atomic E-state index is 11.9. The lowest BCUT2D eigenvalue weighted by atomic mass is 10.3. The van der Waals surface area contributed by atoms with Crippen LogP contribution in [0.5, 0.6) is 0 Å². The Morgan fingerprint density at radius 1 is 1.61 bits per heavy atom. The average molecular weight is 254 g/mol. The zero-order valence-electron chi connectivity index (χ0n) is 10.5. The van der Waals surface area contributed by atoms with E-state index in [1.165, 1.54) is 4.90 Å². The molecular formula is C11H18N4O3. The highest BCUT2D eigenvalue weighted by atomic mass is 16.4. The number of aromatic amines is 1. The van der Waals surface area contributed by atoms with Crippen LogP contribution >= 0.6 is 0 Å². The number of H-pyrrole nitrogens is 1. The number of nitrogens with one attached hydrogen (secondary N) is 2. The Morgan fingerprint density at radius 2 is 2.33 bits per heavy atom. The number of imidazole rings is 1. The van der Waals surface area contributed by atoms with Crippen LogP contribution in [0.4, 0.5) is 4.79 Å². The van der Waals surface area contributed by atoms with Gasteiger partial charge < -0.3 is 20.3 Å². The number of carboxylic acids is 1. The Bertz CT molecular complexity index is 391. The van der Waals surface area contributed by atoms with E-state index in [-0.39, 0.29) is 12.6 Å².